The van der Waals surface area contributed by atoms with Gasteiger partial charge >= 0.3 is 6.09 Å². The van der Waals surface area contributed by atoms with Crippen LogP contribution in [0.25, 0.3) is 0 Å². The number of hydrogen-bond acceptors (Lipinski definition) is 3. The lowest BCUT2D eigenvalue weighted by Gasteiger charge is -2.63. The Hall–Kier alpha value is -1.06. The van der Waals surface area contributed by atoms with Crippen LogP contribution in [0.2, 0.25) is 0 Å². The van der Waals surface area contributed by atoms with Crippen LogP contribution >= 0.6 is 0 Å². The summed E-state index contributed by atoms with van der Waals surface area (Å²) in [6.45, 7) is 11.8. The Morgan fingerprint density at radius 3 is 2.05 bits per heavy atom. The van der Waals surface area contributed by atoms with Crippen LogP contribution in [0.5, 0.6) is 0 Å². The summed E-state index contributed by atoms with van der Waals surface area (Å²) in [5, 5.41) is 0. The van der Waals surface area contributed by atoms with Crippen LogP contribution in [-0.4, -0.2) is 35.5 Å². The van der Waals surface area contributed by atoms with E-state index in [0.717, 1.165) is 25.9 Å². The van der Waals surface area contributed by atoms with E-state index < -0.39 is 5.60 Å². The van der Waals surface area contributed by atoms with Gasteiger partial charge in [0.2, 0.25) is 0 Å². The Labute approximate surface area is 133 Å². The molecular formula is C18H29NO3. The van der Waals surface area contributed by atoms with Crippen LogP contribution in [0.4, 0.5) is 4.79 Å². The van der Waals surface area contributed by atoms with E-state index in [2.05, 4.69) is 13.8 Å². The molecule has 3 rings (SSSR count). The Morgan fingerprint density at radius 1 is 1.14 bits per heavy atom. The van der Waals surface area contributed by atoms with E-state index >= 15 is 0 Å². The second-order valence-electron chi connectivity index (χ2n) is 8.91. The second-order valence-corrected chi connectivity index (χ2v) is 8.91. The summed E-state index contributed by atoms with van der Waals surface area (Å²) in [4.78, 5) is 26.1. The maximum absolute atomic E-state index is 12.5. The van der Waals surface area contributed by atoms with Gasteiger partial charge in [0, 0.05) is 25.9 Å². The largest absolute Gasteiger partial charge is 0.444 e. The number of Topliss-reactive ketones (excluding diaryl/α,β-unsaturated/α-hetero) is 1. The molecular weight excluding hydrogens is 278 g/mol. The van der Waals surface area contributed by atoms with Gasteiger partial charge in [-0.2, -0.15) is 0 Å². The number of likely N-dealkylation sites (tertiary alicyclic amines) is 1. The molecule has 2 saturated carbocycles. The highest BCUT2D eigenvalue weighted by Crippen LogP contribution is 2.62. The van der Waals surface area contributed by atoms with E-state index in [1.807, 2.05) is 25.7 Å². The molecule has 2 unspecified atom stereocenters. The smallest absolute Gasteiger partial charge is 0.410 e. The van der Waals surface area contributed by atoms with E-state index in [0.29, 0.717) is 29.5 Å². The molecule has 0 aromatic rings. The summed E-state index contributed by atoms with van der Waals surface area (Å²) in [5.41, 5.74) is -0.280. The number of nitrogens with zero attached hydrogens (tertiary/aromatic N) is 1. The highest BCUT2D eigenvalue weighted by atomic mass is 16.6. The lowest BCUT2D eigenvalue weighted by molar-refractivity contribution is -0.169. The molecule has 22 heavy (non-hydrogen) atoms. The molecule has 2 aliphatic carbocycles. The Balaban J connectivity index is 1.81. The molecule has 4 nitrogen and oxygen atoms in total. The van der Waals surface area contributed by atoms with Crippen LogP contribution in [0.15, 0.2) is 0 Å². The SMILES string of the molecule is C[C@@H]1C[C@@H](C)C2CN(C(=O)OC(C)(C)C)CC1C21CC(=O)C1. The molecule has 1 heterocycles. The molecule has 3 fully saturated rings. The molecule has 1 aliphatic heterocycles. The van der Waals surface area contributed by atoms with E-state index in [1.165, 1.54) is 6.42 Å². The van der Waals surface area contributed by atoms with E-state index in [-0.39, 0.29) is 11.5 Å². The second kappa shape index (κ2) is 4.97. The third-order valence-corrected chi connectivity index (χ3v) is 6.13. The maximum atomic E-state index is 12.5. The molecule has 2 bridgehead atoms. The quantitative estimate of drug-likeness (QED) is 0.688. The van der Waals surface area contributed by atoms with Crippen LogP contribution in [-0.2, 0) is 9.53 Å². The normalized spacial score (nSPS) is 37.0. The van der Waals surface area contributed by atoms with E-state index in [1.54, 1.807) is 0 Å². The maximum Gasteiger partial charge on any atom is 0.410 e. The molecule has 0 aromatic heterocycles. The summed E-state index contributed by atoms with van der Waals surface area (Å²) in [5.74, 6) is 2.46. The van der Waals surface area contributed by atoms with Crippen molar-refractivity contribution >= 4 is 11.9 Å². The molecule has 0 radical (unpaired) electrons. The minimum Gasteiger partial charge on any atom is -0.444 e. The number of carbonyl (C=O) groups excluding carboxylic acids is 2. The Kier molecular flexibility index (Phi) is 3.57. The molecule has 3 aliphatic rings. The fraction of sp³-hybridized carbons (Fsp3) is 0.889. The minimum atomic E-state index is -0.453. The summed E-state index contributed by atoms with van der Waals surface area (Å²) in [6.07, 6.45) is 2.50. The number of ketones is 1. The monoisotopic (exact) mass is 307 g/mol. The van der Waals surface area contributed by atoms with Crippen molar-refractivity contribution in [3.05, 3.63) is 0 Å². The number of piperidine rings is 1. The number of ether oxygens (including phenoxy) is 1. The average Bonchev–Trinajstić information content (AvgIpc) is 2.32. The topological polar surface area (TPSA) is 46.6 Å². The molecule has 1 amide bonds. The third kappa shape index (κ3) is 2.44. The van der Waals surface area contributed by atoms with Crippen molar-refractivity contribution in [1.29, 1.82) is 0 Å². The Morgan fingerprint density at radius 2 is 1.64 bits per heavy atom. The molecule has 1 saturated heterocycles. The van der Waals surface area contributed by atoms with Crippen molar-refractivity contribution in [2.75, 3.05) is 13.1 Å². The van der Waals surface area contributed by atoms with Gasteiger partial charge in [-0.05, 0) is 56.3 Å². The van der Waals surface area contributed by atoms with Gasteiger partial charge in [-0.3, -0.25) is 4.79 Å². The van der Waals surface area contributed by atoms with Crippen LogP contribution in [0.1, 0.15) is 53.9 Å². The minimum absolute atomic E-state index is 0.173. The predicted molar refractivity (Wildman–Crippen MR) is 84.4 cm³/mol. The zero-order chi connectivity index (χ0) is 16.3. The number of carbonyl (C=O) groups is 2. The number of rotatable bonds is 0. The fourth-order valence-electron chi connectivity index (χ4n) is 5.28. The van der Waals surface area contributed by atoms with Crippen molar-refractivity contribution in [1.82, 2.24) is 4.90 Å². The fourth-order valence-corrected chi connectivity index (χ4v) is 5.28. The van der Waals surface area contributed by atoms with Crippen molar-refractivity contribution in [3.8, 4) is 0 Å². The van der Waals surface area contributed by atoms with Crippen molar-refractivity contribution in [3.63, 3.8) is 0 Å². The van der Waals surface area contributed by atoms with E-state index in [4.69, 9.17) is 4.74 Å². The van der Waals surface area contributed by atoms with Gasteiger partial charge in [0.05, 0.1) is 0 Å². The first kappa shape index (κ1) is 15.8. The lowest BCUT2D eigenvalue weighted by atomic mass is 9.44. The number of hydrogen-bond donors (Lipinski definition) is 0. The predicted octanol–water partition coefficient (Wildman–Crippen LogP) is 3.49. The standard InChI is InChI=1S/C18H29NO3/c1-11-6-12(2)15-10-19(16(21)22-17(3,4)5)9-14(11)18(15)7-13(20)8-18/h11-12,14-15H,6-10H2,1-5H3/t11-,12-,14?,15?/m1/s1. The highest BCUT2D eigenvalue weighted by Gasteiger charge is 2.62. The highest BCUT2D eigenvalue weighted by molar-refractivity contribution is 5.86. The van der Waals surface area contributed by atoms with Gasteiger partial charge in [-0.15, -0.1) is 0 Å². The van der Waals surface area contributed by atoms with Gasteiger partial charge in [0.15, 0.2) is 0 Å². The van der Waals surface area contributed by atoms with Gasteiger partial charge in [0.1, 0.15) is 11.4 Å². The average molecular weight is 307 g/mol. The molecule has 0 N–H and O–H groups in total. The van der Waals surface area contributed by atoms with Gasteiger partial charge in [0.25, 0.3) is 0 Å². The Bertz CT molecular complexity index is 465. The molecule has 4 atom stereocenters. The van der Waals surface area contributed by atoms with Crippen molar-refractivity contribution < 1.29 is 14.3 Å². The first-order valence-electron chi connectivity index (χ1n) is 8.62. The summed E-state index contributed by atoms with van der Waals surface area (Å²) >= 11 is 0. The summed E-state index contributed by atoms with van der Waals surface area (Å²) < 4.78 is 5.57. The zero-order valence-corrected chi connectivity index (χ0v) is 14.5. The van der Waals surface area contributed by atoms with Crippen LogP contribution < -0.4 is 0 Å². The first-order chi connectivity index (χ1) is 10.1. The van der Waals surface area contributed by atoms with Crippen LogP contribution in [0, 0.1) is 29.1 Å². The van der Waals surface area contributed by atoms with Crippen molar-refractivity contribution in [2.24, 2.45) is 29.1 Å². The summed E-state index contributed by atoms with van der Waals surface area (Å²) in [6, 6.07) is 0. The first-order valence-corrected chi connectivity index (χ1v) is 8.62. The van der Waals surface area contributed by atoms with Gasteiger partial charge in [-0.1, -0.05) is 13.8 Å². The molecule has 124 valence electrons. The van der Waals surface area contributed by atoms with Gasteiger partial charge < -0.3 is 9.64 Å². The zero-order valence-electron chi connectivity index (χ0n) is 14.5. The van der Waals surface area contributed by atoms with Gasteiger partial charge in [-0.25, -0.2) is 4.79 Å². The molecule has 1 spiro atoms. The van der Waals surface area contributed by atoms with E-state index in [9.17, 15) is 9.59 Å². The summed E-state index contributed by atoms with van der Waals surface area (Å²) in [7, 11) is 0. The molecule has 0 aromatic carbocycles. The lowest BCUT2D eigenvalue weighted by Crippen LogP contribution is -2.65. The number of amides is 1. The van der Waals surface area contributed by atoms with Crippen molar-refractivity contribution in [2.45, 2.75) is 59.5 Å². The molecule has 4 heteroatoms. The third-order valence-electron chi connectivity index (χ3n) is 6.13. The van der Waals surface area contributed by atoms with Crippen LogP contribution in [0.3, 0.4) is 0 Å².